The highest BCUT2D eigenvalue weighted by Gasteiger charge is 2.36. The molecule has 7 heteroatoms. The summed E-state index contributed by atoms with van der Waals surface area (Å²) in [4.78, 5) is 14.1. The molecule has 2 aliphatic rings. The van der Waals surface area contributed by atoms with Crippen molar-refractivity contribution in [2.75, 3.05) is 16.2 Å². The average molecular weight is 360 g/mol. The molecule has 0 radical (unpaired) electrons. The maximum atomic E-state index is 13.7. The van der Waals surface area contributed by atoms with Crippen LogP contribution in [0.1, 0.15) is 18.4 Å². The lowest BCUT2D eigenvalue weighted by Gasteiger charge is -2.17. The largest absolute Gasteiger partial charge is 0.312 e. The molecule has 1 fully saturated rings. The second-order valence-corrected chi connectivity index (χ2v) is 8.07. The van der Waals surface area contributed by atoms with Gasteiger partial charge in [-0.3, -0.25) is 9.52 Å². The minimum absolute atomic E-state index is 0.0650. The Morgan fingerprint density at radius 2 is 1.92 bits per heavy atom. The normalized spacial score (nSPS) is 16.6. The van der Waals surface area contributed by atoms with Crippen LogP contribution in [0, 0.1) is 11.7 Å². The summed E-state index contributed by atoms with van der Waals surface area (Å²) in [5.41, 5.74) is 1.51. The molecule has 0 bridgehead atoms. The summed E-state index contributed by atoms with van der Waals surface area (Å²) >= 11 is 0. The number of carbonyl (C=O) groups is 1. The number of rotatable bonds is 4. The summed E-state index contributed by atoms with van der Waals surface area (Å²) in [5.74, 6) is -0.385. The fraction of sp³-hybridized carbons (Fsp3) is 0.278. The van der Waals surface area contributed by atoms with Crippen molar-refractivity contribution in [2.24, 2.45) is 5.92 Å². The number of hydrogen-bond donors (Lipinski definition) is 1. The lowest BCUT2D eigenvalue weighted by Crippen LogP contribution is -2.30. The molecule has 0 unspecified atom stereocenters. The van der Waals surface area contributed by atoms with Crippen molar-refractivity contribution in [1.82, 2.24) is 0 Å². The van der Waals surface area contributed by atoms with Crippen LogP contribution in [0.3, 0.4) is 0 Å². The topological polar surface area (TPSA) is 66.5 Å². The highest BCUT2D eigenvalue weighted by atomic mass is 32.2. The van der Waals surface area contributed by atoms with E-state index in [-0.39, 0.29) is 22.4 Å². The predicted molar refractivity (Wildman–Crippen MR) is 92.4 cm³/mol. The Balaban J connectivity index is 1.61. The Labute approximate surface area is 145 Å². The summed E-state index contributed by atoms with van der Waals surface area (Å²) in [5, 5.41) is 0. The van der Waals surface area contributed by atoms with Crippen LogP contribution in [-0.4, -0.2) is 20.9 Å². The lowest BCUT2D eigenvalue weighted by atomic mass is 10.2. The van der Waals surface area contributed by atoms with Crippen molar-refractivity contribution in [3.8, 4) is 0 Å². The second kappa shape index (κ2) is 5.84. The summed E-state index contributed by atoms with van der Waals surface area (Å²) in [7, 11) is -3.89. The Bertz CT molecular complexity index is 955. The van der Waals surface area contributed by atoms with Crippen molar-refractivity contribution in [3.05, 3.63) is 53.8 Å². The number of para-hydroxylation sites is 1. The molecular formula is C18H17FN2O3S. The molecule has 1 amide bonds. The number of carbonyl (C=O) groups excluding carboxylic acids is 1. The van der Waals surface area contributed by atoms with E-state index >= 15 is 0 Å². The molecule has 1 aliphatic carbocycles. The summed E-state index contributed by atoms with van der Waals surface area (Å²) in [6.07, 6.45) is 2.49. The molecule has 4 rings (SSSR count). The van der Waals surface area contributed by atoms with Crippen molar-refractivity contribution in [1.29, 1.82) is 0 Å². The maximum absolute atomic E-state index is 13.7. The molecule has 1 saturated carbocycles. The molecule has 0 aromatic heterocycles. The van der Waals surface area contributed by atoms with Gasteiger partial charge in [0, 0.05) is 18.2 Å². The minimum Gasteiger partial charge on any atom is -0.312 e. The average Bonchev–Trinajstić information content (AvgIpc) is 3.35. The summed E-state index contributed by atoms with van der Waals surface area (Å²) in [6.45, 7) is 0.578. The number of anilines is 2. The van der Waals surface area contributed by atoms with Crippen LogP contribution in [0.2, 0.25) is 0 Å². The molecule has 1 N–H and O–H groups in total. The molecule has 0 saturated heterocycles. The first-order valence-electron chi connectivity index (χ1n) is 8.17. The van der Waals surface area contributed by atoms with Crippen molar-refractivity contribution >= 4 is 27.3 Å². The van der Waals surface area contributed by atoms with E-state index in [9.17, 15) is 17.6 Å². The zero-order chi connectivity index (χ0) is 17.6. The van der Waals surface area contributed by atoms with Gasteiger partial charge in [-0.15, -0.1) is 0 Å². The van der Waals surface area contributed by atoms with Crippen LogP contribution < -0.4 is 9.62 Å². The third kappa shape index (κ3) is 3.00. The van der Waals surface area contributed by atoms with E-state index < -0.39 is 15.8 Å². The standard InChI is InChI=1S/C18H17FN2O3S/c19-15-3-1-2-4-16(15)20-25(23,24)14-7-8-17-13(11-14)9-10-21(17)18(22)12-5-6-12/h1-4,7-8,11-12,20H,5-6,9-10H2. The fourth-order valence-electron chi connectivity index (χ4n) is 3.07. The van der Waals surface area contributed by atoms with Gasteiger partial charge in [-0.25, -0.2) is 12.8 Å². The Hall–Kier alpha value is -2.41. The van der Waals surface area contributed by atoms with E-state index in [2.05, 4.69) is 4.72 Å². The van der Waals surface area contributed by atoms with Gasteiger partial charge in [-0.1, -0.05) is 12.1 Å². The zero-order valence-corrected chi connectivity index (χ0v) is 14.2. The first-order chi connectivity index (χ1) is 12.0. The third-order valence-electron chi connectivity index (χ3n) is 4.57. The predicted octanol–water partition coefficient (Wildman–Crippen LogP) is 2.93. The van der Waals surface area contributed by atoms with Crippen LogP contribution in [0.4, 0.5) is 15.8 Å². The van der Waals surface area contributed by atoms with Crippen molar-refractivity contribution in [2.45, 2.75) is 24.2 Å². The van der Waals surface area contributed by atoms with Gasteiger partial charge < -0.3 is 4.90 Å². The van der Waals surface area contributed by atoms with E-state index in [4.69, 9.17) is 0 Å². The van der Waals surface area contributed by atoms with Gasteiger partial charge in [0.05, 0.1) is 10.6 Å². The zero-order valence-electron chi connectivity index (χ0n) is 13.4. The summed E-state index contributed by atoms with van der Waals surface area (Å²) in [6, 6.07) is 10.3. The number of nitrogens with zero attached hydrogens (tertiary/aromatic N) is 1. The quantitative estimate of drug-likeness (QED) is 0.912. The van der Waals surface area contributed by atoms with Gasteiger partial charge in [0.15, 0.2) is 0 Å². The van der Waals surface area contributed by atoms with Crippen LogP contribution in [0.5, 0.6) is 0 Å². The Morgan fingerprint density at radius 1 is 1.16 bits per heavy atom. The van der Waals surface area contributed by atoms with Crippen LogP contribution in [0.25, 0.3) is 0 Å². The van der Waals surface area contributed by atoms with Gasteiger partial charge in [0.2, 0.25) is 5.91 Å². The van der Waals surface area contributed by atoms with Gasteiger partial charge in [0.25, 0.3) is 10.0 Å². The molecule has 5 nitrogen and oxygen atoms in total. The van der Waals surface area contributed by atoms with E-state index in [1.54, 1.807) is 23.1 Å². The second-order valence-electron chi connectivity index (χ2n) is 6.39. The van der Waals surface area contributed by atoms with E-state index in [1.165, 1.54) is 24.3 Å². The lowest BCUT2D eigenvalue weighted by molar-refractivity contribution is -0.119. The maximum Gasteiger partial charge on any atom is 0.261 e. The van der Waals surface area contributed by atoms with Crippen LogP contribution in [0.15, 0.2) is 47.4 Å². The summed E-state index contributed by atoms with van der Waals surface area (Å²) < 4.78 is 41.0. The fourth-order valence-corrected chi connectivity index (χ4v) is 4.19. The molecule has 2 aromatic carbocycles. The van der Waals surface area contributed by atoms with Gasteiger partial charge >= 0.3 is 0 Å². The smallest absolute Gasteiger partial charge is 0.261 e. The first-order valence-corrected chi connectivity index (χ1v) is 9.66. The minimum atomic E-state index is -3.89. The van der Waals surface area contributed by atoms with Crippen molar-refractivity contribution in [3.63, 3.8) is 0 Å². The Morgan fingerprint density at radius 3 is 2.64 bits per heavy atom. The molecule has 130 valence electrons. The highest BCUT2D eigenvalue weighted by molar-refractivity contribution is 7.92. The van der Waals surface area contributed by atoms with Gasteiger partial charge in [-0.2, -0.15) is 0 Å². The molecule has 2 aromatic rings. The number of hydrogen-bond acceptors (Lipinski definition) is 3. The van der Waals surface area contributed by atoms with Crippen LogP contribution >= 0.6 is 0 Å². The van der Waals surface area contributed by atoms with Gasteiger partial charge in [0.1, 0.15) is 5.82 Å². The van der Waals surface area contributed by atoms with E-state index in [0.29, 0.717) is 13.0 Å². The monoisotopic (exact) mass is 360 g/mol. The molecule has 1 heterocycles. The highest BCUT2D eigenvalue weighted by Crippen LogP contribution is 2.37. The van der Waals surface area contributed by atoms with E-state index in [0.717, 1.165) is 24.1 Å². The number of halogens is 1. The molecule has 25 heavy (non-hydrogen) atoms. The number of fused-ring (bicyclic) bond motifs is 1. The van der Waals surface area contributed by atoms with Crippen molar-refractivity contribution < 1.29 is 17.6 Å². The molecule has 0 atom stereocenters. The Kier molecular flexibility index (Phi) is 3.76. The number of sulfonamides is 1. The molecular weight excluding hydrogens is 343 g/mol. The van der Waals surface area contributed by atoms with Gasteiger partial charge in [-0.05, 0) is 55.2 Å². The molecule has 0 spiro atoms. The number of nitrogens with one attached hydrogen (secondary N) is 1. The SMILES string of the molecule is O=C(C1CC1)N1CCc2cc(S(=O)(=O)Nc3ccccc3F)ccc21. The third-order valence-corrected chi connectivity index (χ3v) is 5.93. The number of amides is 1. The first kappa shape index (κ1) is 16.1. The molecule has 1 aliphatic heterocycles. The van der Waals surface area contributed by atoms with Crippen LogP contribution in [-0.2, 0) is 21.2 Å². The van der Waals surface area contributed by atoms with E-state index in [1.807, 2.05) is 0 Å². The number of benzene rings is 2.